The highest BCUT2D eigenvalue weighted by atomic mass is 32.2. The van der Waals surface area contributed by atoms with E-state index < -0.39 is 17.2 Å². The van der Waals surface area contributed by atoms with E-state index in [1.54, 1.807) is 14.2 Å². The molecule has 0 aromatic carbocycles. The van der Waals surface area contributed by atoms with Crippen molar-refractivity contribution in [3.8, 4) is 0 Å². The van der Waals surface area contributed by atoms with E-state index in [2.05, 4.69) is 10.1 Å². The lowest BCUT2D eigenvalue weighted by Gasteiger charge is -2.11. The summed E-state index contributed by atoms with van der Waals surface area (Å²) in [4.78, 5) is 25.7. The van der Waals surface area contributed by atoms with Crippen LogP contribution in [0.4, 0.5) is 0 Å². The Hall–Kier alpha value is -1.16. The number of nitrogens with zero attached hydrogens (tertiary/aromatic N) is 2. The summed E-state index contributed by atoms with van der Waals surface area (Å²) in [5.41, 5.74) is -1.61. The van der Waals surface area contributed by atoms with Gasteiger partial charge in [-0.25, -0.2) is 0 Å². The monoisotopic (exact) mass is 291 g/mol. The van der Waals surface area contributed by atoms with Crippen molar-refractivity contribution in [1.82, 2.24) is 14.8 Å². The van der Waals surface area contributed by atoms with E-state index >= 15 is 0 Å². The van der Waals surface area contributed by atoms with Gasteiger partial charge in [-0.15, -0.1) is 0 Å². The molecule has 1 atom stereocenters. The van der Waals surface area contributed by atoms with Crippen molar-refractivity contribution < 1.29 is 14.6 Å². The number of methoxy groups -OCH3 is 1. The molecule has 0 aliphatic heterocycles. The lowest BCUT2D eigenvalue weighted by atomic mass is 10.4. The third kappa shape index (κ3) is 5.55. The molecule has 2 N–H and O–H groups in total. The average molecular weight is 291 g/mol. The Balaban J connectivity index is 2.42. The molecule has 9 heteroatoms. The van der Waals surface area contributed by atoms with E-state index in [0.717, 1.165) is 11.8 Å². The van der Waals surface area contributed by atoms with Crippen molar-refractivity contribution in [3.63, 3.8) is 0 Å². The highest BCUT2D eigenvalue weighted by Gasteiger charge is 2.09. The predicted molar refractivity (Wildman–Crippen MR) is 69.5 cm³/mol. The number of rotatable bonds is 8. The van der Waals surface area contributed by atoms with Crippen LogP contribution in [0.1, 0.15) is 0 Å². The standard InChI is InChI=1S/C10H17N3O5S/c1-13-10(11-8(15)9(16)12-13)19-6-7(14)5-18-4-3-17-2/h7,14H,3-6H2,1-2H3,(H,12,16). The van der Waals surface area contributed by atoms with Gasteiger partial charge in [0.25, 0.3) is 0 Å². The van der Waals surface area contributed by atoms with Crippen LogP contribution in [-0.4, -0.2) is 58.7 Å². The van der Waals surface area contributed by atoms with E-state index in [4.69, 9.17) is 9.47 Å². The molecule has 0 aliphatic carbocycles. The lowest BCUT2D eigenvalue weighted by Crippen LogP contribution is -2.34. The lowest BCUT2D eigenvalue weighted by molar-refractivity contribution is 0.0218. The van der Waals surface area contributed by atoms with Crippen molar-refractivity contribution in [3.05, 3.63) is 20.7 Å². The number of hydrogen-bond acceptors (Lipinski definition) is 7. The molecule has 0 fully saturated rings. The SMILES string of the molecule is COCCOCC(O)CSc1nc(=O)c(=O)[nH]n1C. The first-order valence-corrected chi connectivity index (χ1v) is 6.58. The minimum atomic E-state index is -0.841. The summed E-state index contributed by atoms with van der Waals surface area (Å²) in [6.45, 7) is 1.05. The number of aliphatic hydroxyl groups is 1. The van der Waals surface area contributed by atoms with Crippen LogP contribution < -0.4 is 11.1 Å². The van der Waals surface area contributed by atoms with Crippen LogP contribution in [0.15, 0.2) is 14.7 Å². The maximum atomic E-state index is 11.1. The van der Waals surface area contributed by atoms with Crippen LogP contribution in [-0.2, 0) is 16.5 Å². The first-order chi connectivity index (χ1) is 9.04. The molecule has 0 radical (unpaired) electrons. The maximum Gasteiger partial charge on any atom is 0.339 e. The van der Waals surface area contributed by atoms with E-state index in [9.17, 15) is 14.7 Å². The van der Waals surface area contributed by atoms with Crippen LogP contribution in [0.2, 0.25) is 0 Å². The Bertz CT molecular complexity index is 501. The van der Waals surface area contributed by atoms with Gasteiger partial charge in [-0.1, -0.05) is 11.8 Å². The average Bonchev–Trinajstić information content (AvgIpc) is 2.37. The van der Waals surface area contributed by atoms with Gasteiger partial charge >= 0.3 is 11.1 Å². The number of aliphatic hydroxyl groups excluding tert-OH is 1. The second kappa shape index (κ2) is 8.10. The Morgan fingerprint density at radius 1 is 1.47 bits per heavy atom. The minimum Gasteiger partial charge on any atom is -0.390 e. The van der Waals surface area contributed by atoms with Crippen LogP contribution in [0, 0.1) is 0 Å². The van der Waals surface area contributed by atoms with Crippen molar-refractivity contribution in [2.75, 3.05) is 32.7 Å². The summed E-state index contributed by atoms with van der Waals surface area (Å²) < 4.78 is 11.3. The van der Waals surface area contributed by atoms with E-state index in [1.807, 2.05) is 0 Å². The molecule has 0 spiro atoms. The fourth-order valence-electron chi connectivity index (χ4n) is 1.17. The van der Waals surface area contributed by atoms with Crippen molar-refractivity contribution in [2.24, 2.45) is 7.05 Å². The molecule has 0 aliphatic rings. The number of ether oxygens (including phenoxy) is 2. The third-order valence-corrected chi connectivity index (χ3v) is 3.27. The summed E-state index contributed by atoms with van der Waals surface area (Å²) in [6.07, 6.45) is -0.689. The number of aryl methyl sites for hydroxylation is 1. The van der Waals surface area contributed by atoms with Gasteiger partial charge in [-0.2, -0.15) is 4.98 Å². The molecule has 108 valence electrons. The third-order valence-electron chi connectivity index (χ3n) is 2.09. The molecule has 0 saturated heterocycles. The molecule has 0 amide bonds. The molecular formula is C10H17N3O5S. The van der Waals surface area contributed by atoms with Crippen molar-refractivity contribution in [1.29, 1.82) is 0 Å². The van der Waals surface area contributed by atoms with Gasteiger partial charge in [0, 0.05) is 19.9 Å². The quantitative estimate of drug-likeness (QED) is 0.344. The summed E-state index contributed by atoms with van der Waals surface area (Å²) in [6, 6.07) is 0. The van der Waals surface area contributed by atoms with Crippen LogP contribution in [0.5, 0.6) is 0 Å². The zero-order chi connectivity index (χ0) is 14.3. The Morgan fingerprint density at radius 2 is 2.21 bits per heavy atom. The zero-order valence-electron chi connectivity index (χ0n) is 10.8. The Labute approximate surface area is 113 Å². The first kappa shape index (κ1) is 15.9. The van der Waals surface area contributed by atoms with Gasteiger partial charge in [0.05, 0.1) is 25.9 Å². The summed E-state index contributed by atoms with van der Waals surface area (Å²) >= 11 is 1.16. The zero-order valence-corrected chi connectivity index (χ0v) is 11.6. The fraction of sp³-hybridized carbons (Fsp3) is 0.700. The van der Waals surface area contributed by atoms with Gasteiger partial charge in [0.15, 0.2) is 5.16 Å². The van der Waals surface area contributed by atoms with Gasteiger partial charge in [0.2, 0.25) is 0 Å². The van der Waals surface area contributed by atoms with Crippen LogP contribution >= 0.6 is 11.8 Å². The molecule has 0 saturated carbocycles. The van der Waals surface area contributed by atoms with E-state index in [-0.39, 0.29) is 6.61 Å². The molecule has 1 aromatic heterocycles. The minimum absolute atomic E-state index is 0.174. The van der Waals surface area contributed by atoms with Crippen molar-refractivity contribution in [2.45, 2.75) is 11.3 Å². The van der Waals surface area contributed by atoms with Gasteiger partial charge < -0.3 is 14.6 Å². The van der Waals surface area contributed by atoms with Crippen LogP contribution in [0.3, 0.4) is 0 Å². The molecule has 1 rings (SSSR count). The highest BCUT2D eigenvalue weighted by Crippen LogP contribution is 2.12. The molecule has 8 nitrogen and oxygen atoms in total. The normalized spacial score (nSPS) is 12.6. The summed E-state index contributed by atoms with van der Waals surface area (Å²) in [5.74, 6) is 0.305. The Morgan fingerprint density at radius 3 is 2.89 bits per heavy atom. The topological polar surface area (TPSA) is 106 Å². The molecule has 0 bridgehead atoms. The number of hydrogen-bond donors (Lipinski definition) is 2. The van der Waals surface area contributed by atoms with Crippen LogP contribution in [0.25, 0.3) is 0 Å². The maximum absolute atomic E-state index is 11.1. The van der Waals surface area contributed by atoms with Gasteiger partial charge in [0.1, 0.15) is 0 Å². The Kier molecular flexibility index (Phi) is 6.78. The van der Waals surface area contributed by atoms with E-state index in [1.165, 1.54) is 4.68 Å². The number of aromatic nitrogens is 3. The number of nitrogens with one attached hydrogen (secondary N) is 1. The molecular weight excluding hydrogens is 274 g/mol. The second-order valence-electron chi connectivity index (χ2n) is 3.73. The predicted octanol–water partition coefficient (Wildman–Crippen LogP) is -1.42. The fourth-order valence-corrected chi connectivity index (χ4v) is 1.99. The number of aromatic amines is 1. The molecule has 19 heavy (non-hydrogen) atoms. The molecule has 1 unspecified atom stereocenters. The first-order valence-electron chi connectivity index (χ1n) is 5.59. The number of thioether (sulfide) groups is 1. The van der Waals surface area contributed by atoms with Gasteiger partial charge in [-0.05, 0) is 0 Å². The molecule has 1 aromatic rings. The summed E-state index contributed by atoms with van der Waals surface area (Å²) in [5, 5.41) is 12.3. The smallest absolute Gasteiger partial charge is 0.339 e. The number of H-pyrrole nitrogens is 1. The highest BCUT2D eigenvalue weighted by molar-refractivity contribution is 7.99. The van der Waals surface area contributed by atoms with Crippen molar-refractivity contribution >= 4 is 11.8 Å². The molecule has 1 heterocycles. The van der Waals surface area contributed by atoms with E-state index in [0.29, 0.717) is 24.1 Å². The summed E-state index contributed by atoms with van der Waals surface area (Å²) in [7, 11) is 3.13. The largest absolute Gasteiger partial charge is 0.390 e. The van der Waals surface area contributed by atoms with Gasteiger partial charge in [-0.3, -0.25) is 19.4 Å². The second-order valence-corrected chi connectivity index (χ2v) is 4.72.